The maximum absolute atomic E-state index is 13.3. The van der Waals surface area contributed by atoms with Crippen LogP contribution in [0.15, 0.2) is 54.6 Å². The van der Waals surface area contributed by atoms with E-state index in [1.54, 1.807) is 12.0 Å². The number of hydrogen-bond acceptors (Lipinski definition) is 8. The minimum Gasteiger partial charge on any atom is -0.497 e. The number of hydrogen-bond donors (Lipinski definition) is 1. The van der Waals surface area contributed by atoms with Crippen molar-refractivity contribution in [3.05, 3.63) is 65.7 Å². The van der Waals surface area contributed by atoms with Crippen molar-refractivity contribution in [2.24, 2.45) is 5.41 Å². The lowest BCUT2D eigenvalue weighted by Crippen LogP contribution is -2.52. The van der Waals surface area contributed by atoms with Crippen LogP contribution < -0.4 is 10.1 Å². The van der Waals surface area contributed by atoms with E-state index in [2.05, 4.69) is 5.32 Å². The van der Waals surface area contributed by atoms with Gasteiger partial charge in [-0.2, -0.15) is 0 Å². The molecule has 228 valence electrons. The van der Waals surface area contributed by atoms with E-state index < -0.39 is 34.7 Å². The molecule has 2 aliphatic rings. The van der Waals surface area contributed by atoms with Crippen LogP contribution in [0.5, 0.6) is 5.75 Å². The molecule has 4 rings (SSSR count). The Balaban J connectivity index is 1.49. The Kier molecular flexibility index (Phi) is 10.2. The van der Waals surface area contributed by atoms with Crippen molar-refractivity contribution in [2.45, 2.75) is 83.7 Å². The molecule has 0 radical (unpaired) electrons. The van der Waals surface area contributed by atoms with E-state index >= 15 is 0 Å². The molecule has 0 aliphatic carbocycles. The number of amides is 1. The van der Waals surface area contributed by atoms with Crippen LogP contribution in [-0.2, 0) is 36.7 Å². The summed E-state index contributed by atoms with van der Waals surface area (Å²) in [4.78, 5) is 28.2. The van der Waals surface area contributed by atoms with E-state index in [1.807, 2.05) is 82.3 Å². The molecule has 0 bridgehead atoms. The Morgan fingerprint density at radius 3 is 2.26 bits per heavy atom. The smallest absolute Gasteiger partial charge is 0.457 e. The summed E-state index contributed by atoms with van der Waals surface area (Å²) in [5.74, 6) is 0.357. The monoisotopic (exact) mass is 580 g/mol. The minimum absolute atomic E-state index is 0.134. The Morgan fingerprint density at radius 1 is 0.976 bits per heavy atom. The topological polar surface area (TPSA) is 95.6 Å². The number of nitrogens with one attached hydrogen (secondary N) is 1. The van der Waals surface area contributed by atoms with Crippen LogP contribution in [0.3, 0.4) is 0 Å². The molecular formula is C32H45BN2O7. The first-order valence-corrected chi connectivity index (χ1v) is 14.7. The number of carbonyl (C=O) groups excluding carboxylic acids is 2. The van der Waals surface area contributed by atoms with Crippen LogP contribution in [-0.4, -0.2) is 68.6 Å². The fraction of sp³-hybridized carbons (Fsp3) is 0.562. The molecule has 0 spiro atoms. The first-order chi connectivity index (χ1) is 20.0. The number of rotatable bonds is 12. The van der Waals surface area contributed by atoms with E-state index in [0.717, 1.165) is 23.3 Å². The minimum atomic E-state index is -0.785. The molecule has 2 fully saturated rings. The van der Waals surface area contributed by atoms with E-state index in [-0.39, 0.29) is 13.7 Å². The molecule has 1 amide bonds. The number of nitrogens with zero attached hydrogens (tertiary/aromatic N) is 1. The van der Waals surface area contributed by atoms with Gasteiger partial charge in [0.15, 0.2) is 0 Å². The normalized spacial score (nSPS) is 22.7. The third-order valence-corrected chi connectivity index (χ3v) is 8.99. The number of carbonyl (C=O) groups is 2. The van der Waals surface area contributed by atoms with Gasteiger partial charge in [0.05, 0.1) is 25.4 Å². The second-order valence-corrected chi connectivity index (χ2v) is 12.3. The molecular weight excluding hydrogens is 535 g/mol. The molecule has 9 nitrogen and oxygen atoms in total. The number of esters is 1. The summed E-state index contributed by atoms with van der Waals surface area (Å²) >= 11 is 0. The lowest BCUT2D eigenvalue weighted by atomic mass is 9.72. The predicted octanol–water partition coefficient (Wildman–Crippen LogP) is 5.23. The largest absolute Gasteiger partial charge is 0.497 e. The standard InChI is InChI=1S/C32H45BN2O7/c1-30(2)31(3,4)42-33(41-30)19-10-17-32(23-34-21-24-13-15-26(38-5)16-14-24)18-20-35(27(32)28(36)39-6)29(37)40-22-25-11-8-7-9-12-25/h7-9,11-16,27,34H,10,17-23H2,1-6H3/t27-,32-/m1/s1. The zero-order chi connectivity index (χ0) is 30.4. The van der Waals surface area contributed by atoms with Crippen LogP contribution in [0.2, 0.25) is 6.32 Å². The fourth-order valence-electron chi connectivity index (χ4n) is 5.87. The number of ether oxygens (including phenoxy) is 3. The third-order valence-electron chi connectivity index (χ3n) is 8.99. The van der Waals surface area contributed by atoms with Crippen molar-refractivity contribution in [3.8, 4) is 5.75 Å². The highest BCUT2D eigenvalue weighted by Crippen LogP contribution is 2.44. The van der Waals surface area contributed by atoms with Crippen LogP contribution in [0.1, 0.15) is 58.1 Å². The highest BCUT2D eigenvalue weighted by atomic mass is 16.7. The zero-order valence-electron chi connectivity index (χ0n) is 25.8. The highest BCUT2D eigenvalue weighted by molar-refractivity contribution is 6.45. The van der Waals surface area contributed by atoms with Crippen LogP contribution >= 0.6 is 0 Å². The summed E-state index contributed by atoms with van der Waals surface area (Å²) < 4.78 is 28.7. The molecule has 2 atom stereocenters. The molecule has 2 aliphatic heterocycles. The lowest BCUT2D eigenvalue weighted by Gasteiger charge is -2.36. The summed E-state index contributed by atoms with van der Waals surface area (Å²) in [6, 6.07) is 16.6. The van der Waals surface area contributed by atoms with Gasteiger partial charge in [0, 0.05) is 25.0 Å². The molecule has 0 unspecified atom stereocenters. The maximum Gasteiger partial charge on any atom is 0.457 e. The second-order valence-electron chi connectivity index (χ2n) is 12.3. The Bertz CT molecular complexity index is 1180. The van der Waals surface area contributed by atoms with Crippen LogP contribution in [0.25, 0.3) is 0 Å². The molecule has 2 aromatic carbocycles. The molecule has 0 aromatic heterocycles. The second kappa shape index (κ2) is 13.5. The molecule has 2 aromatic rings. The maximum atomic E-state index is 13.3. The van der Waals surface area contributed by atoms with Crippen molar-refractivity contribution in [3.63, 3.8) is 0 Å². The summed E-state index contributed by atoms with van der Waals surface area (Å²) in [5.41, 5.74) is 0.603. The van der Waals surface area contributed by atoms with Gasteiger partial charge in [0.25, 0.3) is 0 Å². The Labute approximate surface area is 250 Å². The molecule has 2 saturated heterocycles. The molecule has 1 N–H and O–H groups in total. The third kappa shape index (κ3) is 7.28. The highest BCUT2D eigenvalue weighted by Gasteiger charge is 2.54. The van der Waals surface area contributed by atoms with Gasteiger partial charge in [-0.05, 0) is 70.1 Å². The molecule has 2 heterocycles. The van der Waals surface area contributed by atoms with Gasteiger partial charge >= 0.3 is 19.2 Å². The molecule has 0 saturated carbocycles. The van der Waals surface area contributed by atoms with Gasteiger partial charge in [0.2, 0.25) is 0 Å². The summed E-state index contributed by atoms with van der Waals surface area (Å²) in [6.07, 6.45) is 2.22. The van der Waals surface area contributed by atoms with Gasteiger partial charge in [-0.25, -0.2) is 9.59 Å². The van der Waals surface area contributed by atoms with E-state index in [1.165, 1.54) is 7.11 Å². The average Bonchev–Trinajstić information content (AvgIpc) is 3.44. The number of likely N-dealkylation sites (tertiary alicyclic amines) is 1. The van der Waals surface area contributed by atoms with E-state index in [0.29, 0.717) is 38.8 Å². The average molecular weight is 581 g/mol. The van der Waals surface area contributed by atoms with Gasteiger partial charge < -0.3 is 28.8 Å². The Morgan fingerprint density at radius 2 is 1.64 bits per heavy atom. The van der Waals surface area contributed by atoms with E-state index in [4.69, 9.17) is 23.5 Å². The number of benzene rings is 2. The van der Waals surface area contributed by atoms with Crippen molar-refractivity contribution in [1.82, 2.24) is 10.2 Å². The SMILES string of the molecule is COC(=O)[C@H]1N(C(=O)OCc2ccccc2)CC[C@]1(CCCB1OC(C)(C)C(C)(C)O1)CNCc1ccc(OC)cc1. The number of methoxy groups -OCH3 is 2. The van der Waals surface area contributed by atoms with Crippen molar-refractivity contribution in [2.75, 3.05) is 27.3 Å². The predicted molar refractivity (Wildman–Crippen MR) is 161 cm³/mol. The van der Waals surface area contributed by atoms with Crippen LogP contribution in [0.4, 0.5) is 4.79 Å². The molecule has 10 heteroatoms. The Hall–Kier alpha value is -3.08. The van der Waals surface area contributed by atoms with Gasteiger partial charge in [0.1, 0.15) is 18.4 Å². The first kappa shape index (κ1) is 31.9. The van der Waals surface area contributed by atoms with E-state index in [9.17, 15) is 9.59 Å². The van der Waals surface area contributed by atoms with Crippen molar-refractivity contribution < 1.29 is 33.1 Å². The van der Waals surface area contributed by atoms with Gasteiger partial charge in [-0.3, -0.25) is 4.90 Å². The molecule has 42 heavy (non-hydrogen) atoms. The quantitative estimate of drug-likeness (QED) is 0.270. The summed E-state index contributed by atoms with van der Waals surface area (Å²) in [5, 5.41) is 3.56. The van der Waals surface area contributed by atoms with Gasteiger partial charge in [-0.1, -0.05) is 48.9 Å². The summed E-state index contributed by atoms with van der Waals surface area (Å²) in [6.45, 7) is 9.83. The summed E-state index contributed by atoms with van der Waals surface area (Å²) in [7, 11) is 2.68. The fourth-order valence-corrected chi connectivity index (χ4v) is 5.87. The zero-order valence-corrected chi connectivity index (χ0v) is 25.8. The van der Waals surface area contributed by atoms with Crippen molar-refractivity contribution >= 4 is 19.2 Å². The van der Waals surface area contributed by atoms with Gasteiger partial charge in [-0.15, -0.1) is 0 Å². The first-order valence-electron chi connectivity index (χ1n) is 14.7. The lowest BCUT2D eigenvalue weighted by molar-refractivity contribution is -0.149. The van der Waals surface area contributed by atoms with Crippen molar-refractivity contribution in [1.29, 1.82) is 0 Å². The van der Waals surface area contributed by atoms with Crippen LogP contribution in [0, 0.1) is 5.41 Å².